The van der Waals surface area contributed by atoms with Crippen molar-refractivity contribution in [2.75, 3.05) is 26.8 Å². The fourth-order valence-electron chi connectivity index (χ4n) is 2.02. The summed E-state index contributed by atoms with van der Waals surface area (Å²) in [6.45, 7) is 3.35. The van der Waals surface area contributed by atoms with E-state index in [0.717, 1.165) is 0 Å². The molecule has 5 heteroatoms. The molecule has 1 aromatic carbocycles. The van der Waals surface area contributed by atoms with E-state index >= 15 is 0 Å². The van der Waals surface area contributed by atoms with Gasteiger partial charge in [-0.3, -0.25) is 4.90 Å². The Hall–Kier alpha value is -1.04. The molecule has 108 valence electrons. The SMILES string of the molecule is CC(c1c(F)cccc1F)N(C)CC(C)(CO)CO. The van der Waals surface area contributed by atoms with Crippen LogP contribution in [0.4, 0.5) is 8.78 Å². The summed E-state index contributed by atoms with van der Waals surface area (Å²) in [6.07, 6.45) is 0. The topological polar surface area (TPSA) is 43.7 Å². The average Bonchev–Trinajstić information content (AvgIpc) is 2.38. The van der Waals surface area contributed by atoms with Gasteiger partial charge in [0.15, 0.2) is 0 Å². The summed E-state index contributed by atoms with van der Waals surface area (Å²) in [7, 11) is 1.71. The lowest BCUT2D eigenvalue weighted by atomic mass is 9.91. The molecule has 0 radical (unpaired) electrons. The van der Waals surface area contributed by atoms with Crippen LogP contribution in [0.3, 0.4) is 0 Å². The van der Waals surface area contributed by atoms with Crippen molar-refractivity contribution in [3.05, 3.63) is 35.4 Å². The molecule has 0 bridgehead atoms. The van der Waals surface area contributed by atoms with Crippen LogP contribution in [0.25, 0.3) is 0 Å². The number of benzene rings is 1. The summed E-state index contributed by atoms with van der Waals surface area (Å²) in [5, 5.41) is 18.5. The third-order valence-corrected chi connectivity index (χ3v) is 3.47. The van der Waals surface area contributed by atoms with Crippen LogP contribution in [0.5, 0.6) is 0 Å². The zero-order valence-electron chi connectivity index (χ0n) is 11.5. The second-order valence-corrected chi connectivity index (χ2v) is 5.35. The van der Waals surface area contributed by atoms with E-state index in [1.165, 1.54) is 18.2 Å². The molecule has 1 atom stereocenters. The van der Waals surface area contributed by atoms with Crippen LogP contribution in [0.1, 0.15) is 25.5 Å². The summed E-state index contributed by atoms with van der Waals surface area (Å²) in [4.78, 5) is 1.72. The molecule has 0 spiro atoms. The van der Waals surface area contributed by atoms with Gasteiger partial charge in [0.05, 0.1) is 13.2 Å². The predicted molar refractivity (Wildman–Crippen MR) is 69.7 cm³/mol. The molecule has 0 fully saturated rings. The maximum atomic E-state index is 13.7. The maximum Gasteiger partial charge on any atom is 0.130 e. The van der Waals surface area contributed by atoms with Crippen molar-refractivity contribution in [2.45, 2.75) is 19.9 Å². The minimum Gasteiger partial charge on any atom is -0.396 e. The normalized spacial score (nSPS) is 13.9. The fraction of sp³-hybridized carbons (Fsp3) is 0.571. The Bertz CT molecular complexity index is 402. The van der Waals surface area contributed by atoms with E-state index in [1.807, 2.05) is 0 Å². The number of hydrogen-bond acceptors (Lipinski definition) is 3. The number of nitrogens with zero attached hydrogens (tertiary/aromatic N) is 1. The summed E-state index contributed by atoms with van der Waals surface area (Å²) >= 11 is 0. The zero-order chi connectivity index (χ0) is 14.6. The Kier molecular flexibility index (Phi) is 5.40. The van der Waals surface area contributed by atoms with Crippen LogP contribution < -0.4 is 0 Å². The lowest BCUT2D eigenvalue weighted by Gasteiger charge is -2.34. The Morgan fingerprint density at radius 2 is 1.68 bits per heavy atom. The van der Waals surface area contributed by atoms with Gasteiger partial charge in [0.25, 0.3) is 0 Å². The van der Waals surface area contributed by atoms with Crippen LogP contribution >= 0.6 is 0 Å². The van der Waals surface area contributed by atoms with Gasteiger partial charge in [0.1, 0.15) is 11.6 Å². The van der Waals surface area contributed by atoms with Crippen molar-refractivity contribution >= 4 is 0 Å². The molecular weight excluding hydrogens is 252 g/mol. The highest BCUT2D eigenvalue weighted by Gasteiger charge is 2.28. The molecule has 3 nitrogen and oxygen atoms in total. The molecule has 0 aromatic heterocycles. The first-order valence-electron chi connectivity index (χ1n) is 6.20. The van der Waals surface area contributed by atoms with E-state index in [4.69, 9.17) is 0 Å². The Labute approximate surface area is 112 Å². The molecule has 0 saturated heterocycles. The molecule has 19 heavy (non-hydrogen) atoms. The van der Waals surface area contributed by atoms with E-state index in [1.54, 1.807) is 25.8 Å². The minimum atomic E-state index is -0.704. The summed E-state index contributed by atoms with van der Waals surface area (Å²) < 4.78 is 27.4. The summed E-state index contributed by atoms with van der Waals surface area (Å²) in [5.41, 5.74) is -0.701. The zero-order valence-corrected chi connectivity index (χ0v) is 11.5. The van der Waals surface area contributed by atoms with E-state index in [-0.39, 0.29) is 18.8 Å². The first kappa shape index (κ1) is 16.0. The first-order valence-corrected chi connectivity index (χ1v) is 6.20. The maximum absolute atomic E-state index is 13.7. The van der Waals surface area contributed by atoms with Crippen LogP contribution in [0.2, 0.25) is 0 Å². The number of rotatable bonds is 6. The highest BCUT2D eigenvalue weighted by atomic mass is 19.1. The fourth-order valence-corrected chi connectivity index (χ4v) is 2.02. The Morgan fingerprint density at radius 1 is 1.21 bits per heavy atom. The molecule has 1 aromatic rings. The number of aliphatic hydroxyl groups is 2. The van der Waals surface area contributed by atoms with Crippen molar-refractivity contribution in [1.82, 2.24) is 4.90 Å². The van der Waals surface area contributed by atoms with Crippen LogP contribution in [-0.2, 0) is 0 Å². The second-order valence-electron chi connectivity index (χ2n) is 5.35. The van der Waals surface area contributed by atoms with Gasteiger partial charge in [-0.1, -0.05) is 13.0 Å². The van der Waals surface area contributed by atoms with Crippen molar-refractivity contribution < 1.29 is 19.0 Å². The van der Waals surface area contributed by atoms with Crippen molar-refractivity contribution in [2.24, 2.45) is 5.41 Å². The standard InChI is InChI=1S/C14H21F2NO2/c1-10(13-11(15)5-4-6-12(13)16)17(3)7-14(2,8-18)9-19/h4-6,10,18-19H,7-9H2,1-3H3. The number of hydrogen-bond donors (Lipinski definition) is 2. The van der Waals surface area contributed by atoms with E-state index in [9.17, 15) is 19.0 Å². The van der Waals surface area contributed by atoms with Crippen molar-refractivity contribution in [3.63, 3.8) is 0 Å². The molecule has 0 aliphatic rings. The number of halogens is 2. The third kappa shape index (κ3) is 3.72. The molecule has 0 heterocycles. The molecule has 0 aliphatic carbocycles. The van der Waals surface area contributed by atoms with Gasteiger partial charge in [-0.2, -0.15) is 0 Å². The molecule has 2 N–H and O–H groups in total. The summed E-state index contributed by atoms with van der Waals surface area (Å²) in [5.74, 6) is -1.18. The monoisotopic (exact) mass is 273 g/mol. The quantitative estimate of drug-likeness (QED) is 0.832. The average molecular weight is 273 g/mol. The number of aliphatic hydroxyl groups excluding tert-OH is 2. The molecule has 0 amide bonds. The van der Waals surface area contributed by atoms with E-state index in [0.29, 0.717) is 6.54 Å². The molecular formula is C14H21F2NO2. The molecule has 0 aliphatic heterocycles. The minimum absolute atomic E-state index is 0.00299. The van der Waals surface area contributed by atoms with Gasteiger partial charge in [-0.25, -0.2) is 8.78 Å². The van der Waals surface area contributed by atoms with Gasteiger partial charge in [-0.15, -0.1) is 0 Å². The Morgan fingerprint density at radius 3 is 2.11 bits per heavy atom. The van der Waals surface area contributed by atoms with Crippen molar-refractivity contribution in [3.8, 4) is 0 Å². The van der Waals surface area contributed by atoms with Gasteiger partial charge >= 0.3 is 0 Å². The van der Waals surface area contributed by atoms with Gasteiger partial charge in [0, 0.05) is 23.6 Å². The van der Waals surface area contributed by atoms with Gasteiger partial charge in [0.2, 0.25) is 0 Å². The Balaban J connectivity index is 2.91. The van der Waals surface area contributed by atoms with E-state index in [2.05, 4.69) is 0 Å². The second kappa shape index (κ2) is 6.41. The van der Waals surface area contributed by atoms with Gasteiger partial charge in [-0.05, 0) is 26.1 Å². The van der Waals surface area contributed by atoms with Crippen molar-refractivity contribution in [1.29, 1.82) is 0 Å². The lowest BCUT2D eigenvalue weighted by molar-refractivity contribution is 0.0319. The smallest absolute Gasteiger partial charge is 0.130 e. The predicted octanol–water partition coefficient (Wildman–Crippen LogP) is 1.95. The molecule has 0 saturated carbocycles. The molecule has 1 rings (SSSR count). The van der Waals surface area contributed by atoms with Crippen LogP contribution in [0.15, 0.2) is 18.2 Å². The highest BCUT2D eigenvalue weighted by Crippen LogP contribution is 2.27. The van der Waals surface area contributed by atoms with E-state index < -0.39 is 23.1 Å². The third-order valence-electron chi connectivity index (χ3n) is 3.47. The van der Waals surface area contributed by atoms with Crippen LogP contribution in [0, 0.1) is 17.0 Å². The highest BCUT2D eigenvalue weighted by molar-refractivity contribution is 5.22. The van der Waals surface area contributed by atoms with Gasteiger partial charge < -0.3 is 10.2 Å². The first-order chi connectivity index (χ1) is 8.84. The van der Waals surface area contributed by atoms with Crippen LogP contribution in [-0.4, -0.2) is 41.9 Å². The largest absolute Gasteiger partial charge is 0.396 e. The molecule has 1 unspecified atom stereocenters. The lowest BCUT2D eigenvalue weighted by Crippen LogP contribution is -2.40. The summed E-state index contributed by atoms with van der Waals surface area (Å²) in [6, 6.07) is 3.28.